The lowest BCUT2D eigenvalue weighted by Crippen LogP contribution is -1.88. The number of benzene rings is 1. The van der Waals surface area contributed by atoms with E-state index in [1.54, 1.807) is 18.2 Å². The minimum absolute atomic E-state index is 0.1000. The van der Waals surface area contributed by atoms with E-state index in [1.165, 1.54) is 0 Å². The summed E-state index contributed by atoms with van der Waals surface area (Å²) in [6.45, 7) is 0. The van der Waals surface area contributed by atoms with Gasteiger partial charge in [-0.3, -0.25) is 0 Å². The molecule has 2 radical (unpaired) electrons. The highest BCUT2D eigenvalue weighted by atomic mass is 16.3. The van der Waals surface area contributed by atoms with Gasteiger partial charge in [-0.15, -0.1) is 0 Å². The summed E-state index contributed by atoms with van der Waals surface area (Å²) >= 11 is 0. The van der Waals surface area contributed by atoms with Crippen LogP contribution in [0.3, 0.4) is 0 Å². The number of nitrogen functional groups attached to an aromatic ring is 1. The molecule has 0 fully saturated rings. The van der Waals surface area contributed by atoms with Gasteiger partial charge in [-0.05, 0) is 12.1 Å². The molecule has 10 heavy (non-hydrogen) atoms. The van der Waals surface area contributed by atoms with Crippen molar-refractivity contribution in [2.45, 2.75) is 6.32 Å². The van der Waals surface area contributed by atoms with Crippen LogP contribution in [0.25, 0.3) is 0 Å². The van der Waals surface area contributed by atoms with Gasteiger partial charge in [0.25, 0.3) is 0 Å². The topological polar surface area (TPSA) is 46.2 Å². The van der Waals surface area contributed by atoms with Gasteiger partial charge in [0.2, 0.25) is 0 Å². The SMILES string of the molecule is [B]Cc1ccc(N)c(O)c1. The van der Waals surface area contributed by atoms with Crippen molar-refractivity contribution in [3.8, 4) is 5.75 Å². The van der Waals surface area contributed by atoms with E-state index in [-0.39, 0.29) is 5.75 Å². The average Bonchev–Trinajstić information content (AvgIpc) is 1.95. The van der Waals surface area contributed by atoms with Gasteiger partial charge in [-0.25, -0.2) is 0 Å². The Balaban J connectivity index is 3.04. The Kier molecular flexibility index (Phi) is 1.85. The Bertz CT molecular complexity index is 237. The third kappa shape index (κ3) is 1.24. The first-order valence-electron chi connectivity index (χ1n) is 3.01. The minimum Gasteiger partial charge on any atom is -0.506 e. The van der Waals surface area contributed by atoms with Crippen LogP contribution >= 0.6 is 0 Å². The average molecular weight is 133 g/mol. The van der Waals surface area contributed by atoms with E-state index in [1.807, 2.05) is 0 Å². The molecule has 1 rings (SSSR count). The molecule has 0 unspecified atom stereocenters. The highest BCUT2D eigenvalue weighted by Crippen LogP contribution is 2.20. The van der Waals surface area contributed by atoms with Crippen LogP contribution in [0, 0.1) is 0 Å². The number of rotatable bonds is 1. The number of phenols is 1. The van der Waals surface area contributed by atoms with Crippen LogP contribution in [-0.2, 0) is 6.32 Å². The second kappa shape index (κ2) is 2.65. The predicted octanol–water partition coefficient (Wildman–Crippen LogP) is 0.643. The standard InChI is InChI=1S/C7H8BNO/c8-4-5-1-2-6(9)7(10)3-5/h1-3,10H,4,9H2. The predicted molar refractivity (Wildman–Crippen MR) is 42.0 cm³/mol. The molecule has 0 heterocycles. The third-order valence-electron chi connectivity index (χ3n) is 1.33. The quantitative estimate of drug-likeness (QED) is 0.335. The molecule has 3 heteroatoms. The molecule has 50 valence electrons. The zero-order valence-corrected chi connectivity index (χ0v) is 5.54. The van der Waals surface area contributed by atoms with E-state index in [9.17, 15) is 0 Å². The number of hydrogen-bond donors (Lipinski definition) is 2. The Morgan fingerprint density at radius 1 is 1.50 bits per heavy atom. The summed E-state index contributed by atoms with van der Waals surface area (Å²) < 4.78 is 0. The number of anilines is 1. The van der Waals surface area contributed by atoms with Crippen molar-refractivity contribution in [3.05, 3.63) is 23.8 Å². The molecule has 1 aromatic carbocycles. The van der Waals surface area contributed by atoms with Crippen molar-refractivity contribution in [1.29, 1.82) is 0 Å². The van der Waals surface area contributed by atoms with Crippen LogP contribution in [0.2, 0.25) is 0 Å². The van der Waals surface area contributed by atoms with Crippen LogP contribution in [-0.4, -0.2) is 13.0 Å². The van der Waals surface area contributed by atoms with Gasteiger partial charge in [0.15, 0.2) is 0 Å². The summed E-state index contributed by atoms with van der Waals surface area (Å²) in [5.74, 6) is 0.1000. The summed E-state index contributed by atoms with van der Waals surface area (Å²) in [6, 6.07) is 4.99. The molecule has 2 nitrogen and oxygen atoms in total. The molecule has 0 aromatic heterocycles. The summed E-state index contributed by atoms with van der Waals surface area (Å²) in [5, 5.41) is 9.05. The van der Waals surface area contributed by atoms with E-state index in [4.69, 9.17) is 18.7 Å². The van der Waals surface area contributed by atoms with Crippen molar-refractivity contribution in [3.63, 3.8) is 0 Å². The van der Waals surface area contributed by atoms with Crippen molar-refractivity contribution in [1.82, 2.24) is 0 Å². The molecule has 0 saturated heterocycles. The first kappa shape index (κ1) is 7.00. The second-order valence-electron chi connectivity index (χ2n) is 2.10. The van der Waals surface area contributed by atoms with E-state index in [0.29, 0.717) is 12.0 Å². The molecule has 0 saturated carbocycles. The van der Waals surface area contributed by atoms with E-state index < -0.39 is 0 Å². The number of phenolic OH excluding ortho intramolecular Hbond substituents is 1. The molecular formula is C7H8BNO. The molecule has 0 atom stereocenters. The Morgan fingerprint density at radius 3 is 2.70 bits per heavy atom. The Labute approximate surface area is 61.1 Å². The monoisotopic (exact) mass is 133 g/mol. The van der Waals surface area contributed by atoms with Gasteiger partial charge in [-0.1, -0.05) is 17.9 Å². The van der Waals surface area contributed by atoms with Gasteiger partial charge in [0.1, 0.15) is 5.75 Å². The second-order valence-corrected chi connectivity index (χ2v) is 2.10. The highest BCUT2D eigenvalue weighted by Gasteiger charge is 1.95. The van der Waals surface area contributed by atoms with Gasteiger partial charge < -0.3 is 10.8 Å². The Hall–Kier alpha value is -1.12. The molecule has 0 bridgehead atoms. The van der Waals surface area contributed by atoms with Crippen LogP contribution in [0.15, 0.2) is 18.2 Å². The molecule has 0 aliphatic heterocycles. The summed E-state index contributed by atoms with van der Waals surface area (Å²) in [6.07, 6.45) is 0.424. The maximum atomic E-state index is 9.05. The molecule has 0 aliphatic carbocycles. The van der Waals surface area contributed by atoms with Crippen molar-refractivity contribution >= 4 is 13.5 Å². The molecule has 3 N–H and O–H groups in total. The fourth-order valence-electron chi connectivity index (χ4n) is 0.716. The first-order valence-corrected chi connectivity index (χ1v) is 3.01. The maximum Gasteiger partial charge on any atom is 0.138 e. The highest BCUT2D eigenvalue weighted by molar-refractivity contribution is 6.08. The lowest BCUT2D eigenvalue weighted by Gasteiger charge is -1.99. The van der Waals surface area contributed by atoms with Crippen molar-refractivity contribution < 1.29 is 5.11 Å². The largest absolute Gasteiger partial charge is 0.506 e. The lowest BCUT2D eigenvalue weighted by atomic mass is 9.97. The van der Waals surface area contributed by atoms with Gasteiger partial charge in [0, 0.05) is 0 Å². The smallest absolute Gasteiger partial charge is 0.138 e. The zero-order valence-electron chi connectivity index (χ0n) is 5.54. The molecule has 1 aromatic rings. The zero-order chi connectivity index (χ0) is 7.56. The van der Waals surface area contributed by atoms with Gasteiger partial charge in [-0.2, -0.15) is 0 Å². The summed E-state index contributed by atoms with van der Waals surface area (Å²) in [4.78, 5) is 0. The van der Waals surface area contributed by atoms with Gasteiger partial charge >= 0.3 is 0 Å². The first-order chi connectivity index (χ1) is 4.74. The Morgan fingerprint density at radius 2 is 2.20 bits per heavy atom. The van der Waals surface area contributed by atoms with E-state index >= 15 is 0 Å². The van der Waals surface area contributed by atoms with Gasteiger partial charge in [0.05, 0.1) is 13.5 Å². The minimum atomic E-state index is 0.1000. The lowest BCUT2D eigenvalue weighted by molar-refractivity contribution is 0.477. The number of aromatic hydroxyl groups is 1. The molecule has 0 amide bonds. The molecule has 0 spiro atoms. The molecular weight excluding hydrogens is 125 g/mol. The van der Waals surface area contributed by atoms with Crippen LogP contribution in [0.5, 0.6) is 5.75 Å². The fourth-order valence-corrected chi connectivity index (χ4v) is 0.716. The summed E-state index contributed by atoms with van der Waals surface area (Å²) in [5.41, 5.74) is 6.62. The van der Waals surface area contributed by atoms with Crippen molar-refractivity contribution in [2.75, 3.05) is 5.73 Å². The normalized spacial score (nSPS) is 9.60. The van der Waals surface area contributed by atoms with Crippen LogP contribution in [0.1, 0.15) is 5.56 Å². The van der Waals surface area contributed by atoms with E-state index in [0.717, 1.165) is 5.56 Å². The summed E-state index contributed by atoms with van der Waals surface area (Å²) in [7, 11) is 5.32. The van der Waals surface area contributed by atoms with E-state index in [2.05, 4.69) is 0 Å². The number of hydrogen-bond acceptors (Lipinski definition) is 2. The van der Waals surface area contributed by atoms with Crippen LogP contribution < -0.4 is 5.73 Å². The van der Waals surface area contributed by atoms with Crippen LogP contribution in [0.4, 0.5) is 5.69 Å². The molecule has 0 aliphatic rings. The maximum absolute atomic E-state index is 9.05. The number of nitrogens with two attached hydrogens (primary N) is 1. The van der Waals surface area contributed by atoms with Crippen molar-refractivity contribution in [2.24, 2.45) is 0 Å². The fraction of sp³-hybridized carbons (Fsp3) is 0.143. The third-order valence-corrected chi connectivity index (χ3v) is 1.33.